The number of nitrogens with two attached hydrogens (primary N) is 1. The summed E-state index contributed by atoms with van der Waals surface area (Å²) in [5.41, 5.74) is 10.6. The lowest BCUT2D eigenvalue weighted by molar-refractivity contribution is 0.386. The first-order valence-electron chi connectivity index (χ1n) is 9.90. The Hall–Kier alpha value is -3.36. The summed E-state index contributed by atoms with van der Waals surface area (Å²) in [6.45, 7) is 6.14. The Kier molecular flexibility index (Phi) is 4.04. The van der Waals surface area contributed by atoms with Crippen LogP contribution in [0.1, 0.15) is 57.0 Å². The summed E-state index contributed by atoms with van der Waals surface area (Å²) in [6.07, 6.45) is 4.44. The van der Waals surface area contributed by atoms with Gasteiger partial charge < -0.3 is 10.3 Å². The van der Waals surface area contributed by atoms with Crippen LogP contribution in [0.4, 0.5) is 5.82 Å². The maximum atomic E-state index is 6.22. The molecule has 148 valence electrons. The van der Waals surface area contributed by atoms with E-state index in [0.717, 1.165) is 42.0 Å². The van der Waals surface area contributed by atoms with Crippen molar-refractivity contribution < 1.29 is 4.52 Å². The van der Waals surface area contributed by atoms with Gasteiger partial charge in [0.1, 0.15) is 29.3 Å². The number of anilines is 1. The highest BCUT2D eigenvalue weighted by atomic mass is 16.5. The Bertz CT molecular complexity index is 1190. The minimum absolute atomic E-state index is 0.0995. The van der Waals surface area contributed by atoms with Crippen LogP contribution >= 0.6 is 0 Å². The van der Waals surface area contributed by atoms with Crippen molar-refractivity contribution in [2.24, 2.45) is 0 Å². The van der Waals surface area contributed by atoms with Crippen LogP contribution in [0.3, 0.4) is 0 Å². The van der Waals surface area contributed by atoms with E-state index < -0.39 is 0 Å². The van der Waals surface area contributed by atoms with Gasteiger partial charge in [0.2, 0.25) is 0 Å². The highest BCUT2D eigenvalue weighted by molar-refractivity contribution is 6.00. The van der Waals surface area contributed by atoms with Crippen LogP contribution < -0.4 is 5.73 Å². The second-order valence-corrected chi connectivity index (χ2v) is 7.65. The largest absolute Gasteiger partial charge is 0.383 e. The van der Waals surface area contributed by atoms with Gasteiger partial charge in [0.15, 0.2) is 5.65 Å². The van der Waals surface area contributed by atoms with E-state index in [2.05, 4.69) is 32.2 Å². The Morgan fingerprint density at radius 1 is 1.17 bits per heavy atom. The van der Waals surface area contributed by atoms with E-state index >= 15 is 0 Å². The standard InChI is InChI=1S/C20H22N8O/c1-4-12-7-8-13(25-24-12)14-17(27-29-18(14)11-5-6-11)16-15-19(21)22-9-23-20(15)28(26-16)10(2)3/h7-11H,4-6H2,1-3H3,(H2,21,22,23). The second kappa shape index (κ2) is 6.61. The molecule has 4 aromatic heterocycles. The third kappa shape index (κ3) is 2.84. The summed E-state index contributed by atoms with van der Waals surface area (Å²) in [4.78, 5) is 8.58. The van der Waals surface area contributed by atoms with Crippen molar-refractivity contribution in [2.75, 3.05) is 5.73 Å². The normalized spacial score (nSPS) is 14.2. The zero-order valence-electron chi connectivity index (χ0n) is 16.6. The predicted octanol–water partition coefficient (Wildman–Crippen LogP) is 3.54. The van der Waals surface area contributed by atoms with Gasteiger partial charge in [0.05, 0.1) is 22.3 Å². The first-order chi connectivity index (χ1) is 14.1. The molecule has 5 rings (SSSR count). The van der Waals surface area contributed by atoms with Gasteiger partial charge in [-0.25, -0.2) is 14.6 Å². The van der Waals surface area contributed by atoms with Crippen molar-refractivity contribution >= 4 is 16.9 Å². The van der Waals surface area contributed by atoms with Gasteiger partial charge in [-0.1, -0.05) is 12.1 Å². The van der Waals surface area contributed by atoms with Gasteiger partial charge in [-0.15, -0.1) is 0 Å². The summed E-state index contributed by atoms with van der Waals surface area (Å²) in [7, 11) is 0. The molecule has 9 nitrogen and oxygen atoms in total. The summed E-state index contributed by atoms with van der Waals surface area (Å²) >= 11 is 0. The van der Waals surface area contributed by atoms with E-state index in [4.69, 9.17) is 15.4 Å². The van der Waals surface area contributed by atoms with Crippen LogP contribution in [-0.4, -0.2) is 35.1 Å². The minimum Gasteiger partial charge on any atom is -0.383 e. The Morgan fingerprint density at radius 3 is 2.66 bits per heavy atom. The van der Waals surface area contributed by atoms with Crippen LogP contribution in [0.15, 0.2) is 23.0 Å². The van der Waals surface area contributed by atoms with Crippen LogP contribution in [0, 0.1) is 0 Å². The fourth-order valence-electron chi connectivity index (χ4n) is 3.54. The number of aromatic nitrogens is 7. The van der Waals surface area contributed by atoms with Crippen LogP contribution in [0.5, 0.6) is 0 Å². The SMILES string of the molecule is CCc1ccc(-c2c(-c3nn(C(C)C)c4ncnc(N)c34)noc2C2CC2)nn1. The van der Waals surface area contributed by atoms with Crippen molar-refractivity contribution in [1.82, 2.24) is 35.1 Å². The molecule has 2 N–H and O–H groups in total. The molecular weight excluding hydrogens is 368 g/mol. The first kappa shape index (κ1) is 17.7. The monoisotopic (exact) mass is 390 g/mol. The molecule has 4 aromatic rings. The number of fused-ring (bicyclic) bond motifs is 1. The maximum absolute atomic E-state index is 6.22. The molecule has 0 spiro atoms. The predicted molar refractivity (Wildman–Crippen MR) is 108 cm³/mol. The average Bonchev–Trinajstić information content (AvgIpc) is 3.35. The van der Waals surface area contributed by atoms with Gasteiger partial charge in [0.25, 0.3) is 0 Å². The van der Waals surface area contributed by atoms with Crippen molar-refractivity contribution in [1.29, 1.82) is 0 Å². The number of hydrogen-bond acceptors (Lipinski definition) is 8. The molecule has 1 aliphatic carbocycles. The van der Waals surface area contributed by atoms with Crippen molar-refractivity contribution in [2.45, 2.75) is 52.0 Å². The minimum atomic E-state index is 0.0995. The topological polar surface area (TPSA) is 121 Å². The van der Waals surface area contributed by atoms with Gasteiger partial charge in [-0.3, -0.25) is 0 Å². The van der Waals surface area contributed by atoms with E-state index in [0.29, 0.717) is 34.2 Å². The quantitative estimate of drug-likeness (QED) is 0.549. The maximum Gasteiger partial charge on any atom is 0.164 e. The molecule has 1 aliphatic rings. The number of nitrogen functional groups attached to an aromatic ring is 1. The van der Waals surface area contributed by atoms with Gasteiger partial charge in [-0.05, 0) is 45.2 Å². The lowest BCUT2D eigenvalue weighted by Crippen LogP contribution is -2.04. The van der Waals surface area contributed by atoms with Crippen molar-refractivity contribution in [3.05, 3.63) is 29.9 Å². The molecule has 0 radical (unpaired) electrons. The fourth-order valence-corrected chi connectivity index (χ4v) is 3.54. The number of hydrogen-bond donors (Lipinski definition) is 1. The molecule has 1 saturated carbocycles. The Morgan fingerprint density at radius 2 is 2.00 bits per heavy atom. The zero-order valence-corrected chi connectivity index (χ0v) is 16.6. The molecule has 29 heavy (non-hydrogen) atoms. The molecular formula is C20H22N8O. The smallest absolute Gasteiger partial charge is 0.164 e. The molecule has 0 amide bonds. The molecule has 1 fully saturated rings. The van der Waals surface area contributed by atoms with Crippen LogP contribution in [0.2, 0.25) is 0 Å². The van der Waals surface area contributed by atoms with Gasteiger partial charge in [0, 0.05) is 12.0 Å². The van der Waals surface area contributed by atoms with E-state index in [1.165, 1.54) is 6.33 Å². The highest BCUT2D eigenvalue weighted by Crippen LogP contribution is 2.48. The van der Waals surface area contributed by atoms with E-state index in [1.807, 2.05) is 30.7 Å². The zero-order chi connectivity index (χ0) is 20.1. The molecule has 0 unspecified atom stereocenters. The second-order valence-electron chi connectivity index (χ2n) is 7.65. The van der Waals surface area contributed by atoms with E-state index in [-0.39, 0.29) is 6.04 Å². The number of rotatable bonds is 5. The molecule has 4 heterocycles. The van der Waals surface area contributed by atoms with Crippen LogP contribution in [0.25, 0.3) is 33.7 Å². The number of nitrogens with zero attached hydrogens (tertiary/aromatic N) is 7. The summed E-state index contributed by atoms with van der Waals surface area (Å²) in [5.74, 6) is 1.55. The lowest BCUT2D eigenvalue weighted by Gasteiger charge is -2.05. The summed E-state index contributed by atoms with van der Waals surface area (Å²) in [5, 5.41) is 18.6. The van der Waals surface area contributed by atoms with Crippen molar-refractivity contribution in [3.8, 4) is 22.6 Å². The van der Waals surface area contributed by atoms with Crippen molar-refractivity contribution in [3.63, 3.8) is 0 Å². The third-order valence-corrected chi connectivity index (χ3v) is 5.24. The lowest BCUT2D eigenvalue weighted by atomic mass is 10.0. The average molecular weight is 390 g/mol. The first-order valence-corrected chi connectivity index (χ1v) is 9.90. The molecule has 0 aromatic carbocycles. The van der Waals surface area contributed by atoms with Gasteiger partial charge in [-0.2, -0.15) is 15.3 Å². The fraction of sp³-hybridized carbons (Fsp3) is 0.400. The van der Waals surface area contributed by atoms with Crippen LogP contribution in [-0.2, 0) is 6.42 Å². The Balaban J connectivity index is 1.77. The van der Waals surface area contributed by atoms with E-state index in [1.54, 1.807) is 0 Å². The Labute approximate surface area is 167 Å². The molecule has 0 atom stereocenters. The molecule has 0 saturated heterocycles. The third-order valence-electron chi connectivity index (χ3n) is 5.24. The summed E-state index contributed by atoms with van der Waals surface area (Å²) < 4.78 is 7.63. The van der Waals surface area contributed by atoms with Gasteiger partial charge >= 0.3 is 0 Å². The highest BCUT2D eigenvalue weighted by Gasteiger charge is 2.35. The molecule has 9 heteroatoms. The molecule has 0 aliphatic heterocycles. The summed E-state index contributed by atoms with van der Waals surface area (Å²) in [6, 6.07) is 4.05. The van der Waals surface area contributed by atoms with E-state index in [9.17, 15) is 0 Å². The molecule has 0 bridgehead atoms. The number of aryl methyl sites for hydroxylation is 1.